The molecule has 1 aliphatic carbocycles. The van der Waals surface area contributed by atoms with Crippen LogP contribution >= 0.6 is 0 Å². The van der Waals surface area contributed by atoms with Gasteiger partial charge in [0.25, 0.3) is 0 Å². The van der Waals surface area contributed by atoms with Gasteiger partial charge in [-0.05, 0) is 19.3 Å². The van der Waals surface area contributed by atoms with Crippen molar-refractivity contribution in [2.45, 2.75) is 25.7 Å². The number of carbonyl (C=O) groups excluding carboxylic acids is 3. The number of hydrogen-bond acceptors (Lipinski definition) is 5. The van der Waals surface area contributed by atoms with Crippen molar-refractivity contribution in [3.63, 3.8) is 0 Å². The van der Waals surface area contributed by atoms with Gasteiger partial charge >= 0.3 is 6.03 Å². The minimum absolute atomic E-state index is 0.271. The lowest BCUT2D eigenvalue weighted by molar-refractivity contribution is -0.157. The molecule has 2 fully saturated rings. The molecular weight excluding hydrogens is 264 g/mol. The molecule has 1 saturated heterocycles. The minimum Gasteiger partial charge on any atom is -0.382 e. The Hall–Kier alpha value is -1.47. The number of ether oxygens (including phenoxy) is 2. The number of barbiturate groups is 1. The number of nitrogens with zero attached hydrogens (tertiary/aromatic N) is 1. The molecule has 1 spiro atoms. The molecule has 7 nitrogen and oxygen atoms in total. The summed E-state index contributed by atoms with van der Waals surface area (Å²) < 4.78 is 10.1. The van der Waals surface area contributed by atoms with Crippen LogP contribution in [0.3, 0.4) is 0 Å². The summed E-state index contributed by atoms with van der Waals surface area (Å²) in [4.78, 5) is 37.0. The maximum atomic E-state index is 12.3. The first-order valence-electron chi connectivity index (χ1n) is 6.86. The molecule has 1 N–H and O–H groups in total. The van der Waals surface area contributed by atoms with Gasteiger partial charge in [-0.2, -0.15) is 0 Å². The van der Waals surface area contributed by atoms with Crippen LogP contribution in [0.4, 0.5) is 4.79 Å². The molecule has 112 valence electrons. The van der Waals surface area contributed by atoms with Gasteiger partial charge in [0.15, 0.2) is 0 Å². The monoisotopic (exact) mass is 284 g/mol. The summed E-state index contributed by atoms with van der Waals surface area (Å²) in [6.07, 6.45) is 2.46. The van der Waals surface area contributed by atoms with E-state index in [4.69, 9.17) is 9.47 Å². The van der Waals surface area contributed by atoms with Crippen molar-refractivity contribution in [1.82, 2.24) is 10.2 Å². The molecule has 1 saturated carbocycles. The first-order valence-corrected chi connectivity index (χ1v) is 6.86. The molecule has 2 rings (SSSR count). The van der Waals surface area contributed by atoms with E-state index in [-0.39, 0.29) is 12.5 Å². The van der Waals surface area contributed by atoms with Crippen molar-refractivity contribution in [2.24, 2.45) is 5.41 Å². The van der Waals surface area contributed by atoms with Gasteiger partial charge in [-0.1, -0.05) is 6.42 Å². The zero-order valence-electron chi connectivity index (χ0n) is 11.6. The summed E-state index contributed by atoms with van der Waals surface area (Å²) in [6, 6.07) is -0.616. The third-order valence-corrected chi connectivity index (χ3v) is 3.86. The molecule has 4 amide bonds. The zero-order chi connectivity index (χ0) is 14.6. The van der Waals surface area contributed by atoms with E-state index in [1.54, 1.807) is 7.11 Å². The van der Waals surface area contributed by atoms with Crippen LogP contribution < -0.4 is 5.32 Å². The van der Waals surface area contributed by atoms with Crippen LogP contribution in [0.1, 0.15) is 25.7 Å². The topological polar surface area (TPSA) is 84.9 Å². The molecule has 0 radical (unpaired) electrons. The van der Waals surface area contributed by atoms with Gasteiger partial charge in [0.05, 0.1) is 13.2 Å². The third-order valence-electron chi connectivity index (χ3n) is 3.86. The summed E-state index contributed by atoms with van der Waals surface area (Å²) in [5.74, 6) is -0.791. The highest BCUT2D eigenvalue weighted by Crippen LogP contribution is 2.44. The van der Waals surface area contributed by atoms with E-state index < -0.39 is 17.4 Å². The van der Waals surface area contributed by atoms with Gasteiger partial charge in [0.2, 0.25) is 11.8 Å². The average molecular weight is 284 g/mol. The maximum absolute atomic E-state index is 12.3. The van der Waals surface area contributed by atoms with Crippen molar-refractivity contribution in [3.8, 4) is 0 Å². The largest absolute Gasteiger partial charge is 0.382 e. The van der Waals surface area contributed by atoms with Gasteiger partial charge in [-0.3, -0.25) is 19.8 Å². The second kappa shape index (κ2) is 6.32. The Balaban J connectivity index is 1.82. The van der Waals surface area contributed by atoms with Crippen LogP contribution in [0.5, 0.6) is 0 Å². The number of rotatable bonds is 7. The second-order valence-corrected chi connectivity index (χ2v) is 5.11. The summed E-state index contributed by atoms with van der Waals surface area (Å²) in [6.45, 7) is 1.72. The zero-order valence-corrected chi connectivity index (χ0v) is 11.6. The highest BCUT2D eigenvalue weighted by atomic mass is 16.5. The molecular formula is C13H20N2O5. The van der Waals surface area contributed by atoms with Gasteiger partial charge < -0.3 is 9.47 Å². The SMILES string of the molecule is COCCOCCCN1C(=O)NC(=O)C2(CCC2)C1=O. The van der Waals surface area contributed by atoms with Gasteiger partial charge in [-0.15, -0.1) is 0 Å². The van der Waals surface area contributed by atoms with Crippen LogP contribution in [0.2, 0.25) is 0 Å². The lowest BCUT2D eigenvalue weighted by Gasteiger charge is -2.44. The van der Waals surface area contributed by atoms with E-state index in [1.807, 2.05) is 0 Å². The first kappa shape index (κ1) is 14.9. The highest BCUT2D eigenvalue weighted by molar-refractivity contribution is 6.19. The molecule has 1 aliphatic heterocycles. The first-order chi connectivity index (χ1) is 9.62. The summed E-state index contributed by atoms with van der Waals surface area (Å²) in [5, 5.41) is 2.28. The molecule has 20 heavy (non-hydrogen) atoms. The second-order valence-electron chi connectivity index (χ2n) is 5.11. The van der Waals surface area contributed by atoms with E-state index in [2.05, 4.69) is 5.32 Å². The van der Waals surface area contributed by atoms with Crippen molar-refractivity contribution < 1.29 is 23.9 Å². The van der Waals surface area contributed by atoms with Crippen LogP contribution in [0.15, 0.2) is 0 Å². The standard InChI is InChI=1S/C13H20N2O5/c1-19-8-9-20-7-3-6-15-11(17)13(4-2-5-13)10(16)14-12(15)18/h2-9H2,1H3,(H,14,16,18). The number of amides is 4. The van der Waals surface area contributed by atoms with Gasteiger partial charge in [0.1, 0.15) is 5.41 Å². The van der Waals surface area contributed by atoms with Crippen LogP contribution in [0.25, 0.3) is 0 Å². The summed E-state index contributed by atoms with van der Waals surface area (Å²) >= 11 is 0. The Morgan fingerprint density at radius 3 is 2.55 bits per heavy atom. The van der Waals surface area contributed by atoms with E-state index in [0.717, 1.165) is 11.3 Å². The maximum Gasteiger partial charge on any atom is 0.330 e. The number of imide groups is 2. The Labute approximate surface area is 117 Å². The van der Waals surface area contributed by atoms with Crippen LogP contribution in [-0.2, 0) is 19.1 Å². The summed E-state index contributed by atoms with van der Waals surface area (Å²) in [5.41, 5.74) is -0.981. The number of urea groups is 1. The molecule has 2 aliphatic rings. The quantitative estimate of drug-likeness (QED) is 0.536. The third kappa shape index (κ3) is 2.69. The molecule has 7 heteroatoms. The van der Waals surface area contributed by atoms with E-state index in [1.165, 1.54) is 0 Å². The van der Waals surface area contributed by atoms with Crippen molar-refractivity contribution >= 4 is 17.8 Å². The molecule has 0 aromatic heterocycles. The van der Waals surface area contributed by atoms with Crippen molar-refractivity contribution in [2.75, 3.05) is 33.5 Å². The lowest BCUT2D eigenvalue weighted by Crippen LogP contribution is -2.66. The fraction of sp³-hybridized carbons (Fsp3) is 0.769. The fourth-order valence-electron chi connectivity index (χ4n) is 2.48. The Bertz CT molecular complexity index is 406. The van der Waals surface area contributed by atoms with Crippen molar-refractivity contribution in [3.05, 3.63) is 0 Å². The number of carbonyl (C=O) groups is 3. The van der Waals surface area contributed by atoms with Crippen LogP contribution in [-0.4, -0.2) is 56.2 Å². The molecule has 0 aromatic carbocycles. The fourth-order valence-corrected chi connectivity index (χ4v) is 2.48. The van der Waals surface area contributed by atoms with E-state index >= 15 is 0 Å². The summed E-state index contributed by atoms with van der Waals surface area (Å²) in [7, 11) is 1.59. The highest BCUT2D eigenvalue weighted by Gasteiger charge is 2.57. The smallest absolute Gasteiger partial charge is 0.330 e. The molecule has 0 unspecified atom stereocenters. The number of hydrogen-bond donors (Lipinski definition) is 1. The lowest BCUT2D eigenvalue weighted by atomic mass is 9.66. The number of nitrogens with one attached hydrogen (secondary N) is 1. The Morgan fingerprint density at radius 2 is 1.95 bits per heavy atom. The van der Waals surface area contributed by atoms with Crippen LogP contribution in [0, 0.1) is 5.41 Å². The average Bonchev–Trinajstić information content (AvgIpc) is 2.35. The van der Waals surface area contributed by atoms with E-state index in [0.29, 0.717) is 39.1 Å². The normalized spacial score (nSPS) is 21.1. The van der Waals surface area contributed by atoms with E-state index in [9.17, 15) is 14.4 Å². The Morgan fingerprint density at radius 1 is 1.20 bits per heavy atom. The predicted molar refractivity (Wildman–Crippen MR) is 68.8 cm³/mol. The predicted octanol–water partition coefficient (Wildman–Crippen LogP) is 0.288. The van der Waals surface area contributed by atoms with Gasteiger partial charge in [-0.25, -0.2) is 4.79 Å². The Kier molecular flexibility index (Phi) is 4.72. The minimum atomic E-state index is -0.981. The molecule has 0 atom stereocenters. The molecule has 0 bridgehead atoms. The number of methoxy groups -OCH3 is 1. The van der Waals surface area contributed by atoms with Crippen molar-refractivity contribution in [1.29, 1.82) is 0 Å². The van der Waals surface area contributed by atoms with Gasteiger partial charge in [0, 0.05) is 20.3 Å². The molecule has 0 aromatic rings. The molecule has 1 heterocycles.